The van der Waals surface area contributed by atoms with E-state index in [1.807, 2.05) is 0 Å². The van der Waals surface area contributed by atoms with Crippen molar-refractivity contribution in [2.24, 2.45) is 0 Å². The first-order chi connectivity index (χ1) is 29.5. The summed E-state index contributed by atoms with van der Waals surface area (Å²) in [6, 6.07) is 75.5. The third-order valence-electron chi connectivity index (χ3n) is 12.2. The van der Waals surface area contributed by atoms with Crippen molar-refractivity contribution in [1.82, 2.24) is 9.13 Å². The topological polar surface area (TPSA) is 13.1 Å². The molecule has 3 heteroatoms. The molecule has 0 radical (unpaired) electrons. The van der Waals surface area contributed by atoms with Gasteiger partial charge in [0.25, 0.3) is 0 Å². The molecule has 2 heterocycles. The minimum absolute atomic E-state index is 1.14. The maximum Gasteiger partial charge on any atom is 0.0547 e. The Labute approximate surface area is 350 Å². The van der Waals surface area contributed by atoms with Crippen LogP contribution >= 0.6 is 0 Å². The Morgan fingerprint density at radius 1 is 0.317 bits per heavy atom. The van der Waals surface area contributed by atoms with Crippen molar-refractivity contribution >= 4 is 60.7 Å². The fourth-order valence-electron chi connectivity index (χ4n) is 9.17. The molecule has 9 aromatic carbocycles. The third kappa shape index (κ3) is 5.98. The molecule has 0 saturated heterocycles. The van der Waals surface area contributed by atoms with Crippen molar-refractivity contribution in [3.63, 3.8) is 0 Å². The van der Waals surface area contributed by atoms with Gasteiger partial charge in [-0.1, -0.05) is 132 Å². The predicted molar refractivity (Wildman–Crippen MR) is 255 cm³/mol. The molecule has 0 unspecified atom stereocenters. The fraction of sp³-hybridized carbons (Fsp3) is 0.0526. The molecule has 0 aliphatic rings. The summed E-state index contributed by atoms with van der Waals surface area (Å²) in [6.07, 6.45) is 0. The highest BCUT2D eigenvalue weighted by Gasteiger charge is 2.17. The second kappa shape index (κ2) is 14.3. The number of aryl methyl sites for hydroxylation is 3. The molecule has 2 aromatic heterocycles. The van der Waals surface area contributed by atoms with Gasteiger partial charge < -0.3 is 14.0 Å². The number of hydrogen-bond donors (Lipinski definition) is 0. The minimum atomic E-state index is 1.14. The molecular weight excluding hydrogens is 727 g/mol. The smallest absolute Gasteiger partial charge is 0.0547 e. The summed E-state index contributed by atoms with van der Waals surface area (Å²) < 4.78 is 4.79. The van der Waals surface area contributed by atoms with Crippen LogP contribution in [0, 0.1) is 20.8 Å². The van der Waals surface area contributed by atoms with Crippen LogP contribution in [0.1, 0.15) is 16.7 Å². The molecule has 286 valence electrons. The molecule has 0 fully saturated rings. The van der Waals surface area contributed by atoms with Gasteiger partial charge in [-0.25, -0.2) is 0 Å². The molecule has 0 atom stereocenters. The van der Waals surface area contributed by atoms with Crippen molar-refractivity contribution in [3.8, 4) is 33.6 Å². The van der Waals surface area contributed by atoms with Crippen molar-refractivity contribution in [2.75, 3.05) is 4.90 Å². The molecule has 0 bridgehead atoms. The first kappa shape index (κ1) is 35.5. The number of hydrogen-bond acceptors (Lipinski definition) is 1. The lowest BCUT2D eigenvalue weighted by atomic mass is 9.98. The maximum absolute atomic E-state index is 2.42. The molecule has 0 saturated carbocycles. The Kier molecular flexibility index (Phi) is 8.49. The Morgan fingerprint density at radius 3 is 1.18 bits per heavy atom. The molecule has 11 rings (SSSR count). The van der Waals surface area contributed by atoms with Crippen molar-refractivity contribution in [3.05, 3.63) is 223 Å². The summed E-state index contributed by atoms with van der Waals surface area (Å²) in [4.78, 5) is 2.35. The lowest BCUT2D eigenvalue weighted by Crippen LogP contribution is -2.10. The normalized spacial score (nSPS) is 11.6. The van der Waals surface area contributed by atoms with E-state index in [-0.39, 0.29) is 0 Å². The highest BCUT2D eigenvalue weighted by atomic mass is 15.1. The molecule has 60 heavy (non-hydrogen) atoms. The van der Waals surface area contributed by atoms with Crippen LogP contribution in [-0.2, 0) is 0 Å². The Balaban J connectivity index is 0.948. The SMILES string of the molecule is Cc1ccc(N(c2ccc(C)cc2)c2ccc(-c3ccc4c5ccccc5n(-c5ccc(-c6ccc(-n7c8ccccc8c8ccccc87)cc6)cc5)c4c3)c(C)c2)cc1. The van der Waals surface area contributed by atoms with Crippen LogP contribution in [0.15, 0.2) is 206 Å². The average molecular weight is 770 g/mol. The van der Waals surface area contributed by atoms with Crippen LogP contribution in [0.25, 0.3) is 77.2 Å². The Morgan fingerprint density at radius 2 is 0.717 bits per heavy atom. The van der Waals surface area contributed by atoms with E-state index in [0.29, 0.717) is 0 Å². The van der Waals surface area contributed by atoms with Crippen LogP contribution in [0.2, 0.25) is 0 Å². The molecule has 0 aliphatic carbocycles. The fourth-order valence-corrected chi connectivity index (χ4v) is 9.17. The van der Waals surface area contributed by atoms with Gasteiger partial charge in [-0.3, -0.25) is 0 Å². The maximum atomic E-state index is 2.42. The van der Waals surface area contributed by atoms with Gasteiger partial charge in [0.05, 0.1) is 22.1 Å². The summed E-state index contributed by atoms with van der Waals surface area (Å²) in [6.45, 7) is 6.50. The zero-order valence-corrected chi connectivity index (χ0v) is 34.0. The quantitative estimate of drug-likeness (QED) is 0.157. The van der Waals surface area contributed by atoms with Crippen LogP contribution < -0.4 is 4.90 Å². The summed E-state index contributed by atoms with van der Waals surface area (Å²) in [5, 5.41) is 5.05. The van der Waals surface area contributed by atoms with E-state index in [0.717, 1.165) is 28.4 Å². The lowest BCUT2D eigenvalue weighted by molar-refractivity contribution is 1.18. The standard InChI is InChI=1S/C57H43N3/c1-38-16-25-44(26-17-38)58(45-27-18-39(2)19-28-45)48-33-35-49(40(3)36-48)43-24-34-53-52-12-6-9-15-56(52)60(57(53)37-43)47-31-22-42(23-32-47)41-20-29-46(30-21-41)59-54-13-7-4-10-50(54)51-11-5-8-14-55(51)59/h4-37H,1-3H3. The van der Waals surface area contributed by atoms with Crippen LogP contribution in [0.3, 0.4) is 0 Å². The minimum Gasteiger partial charge on any atom is -0.310 e. The average Bonchev–Trinajstić information content (AvgIpc) is 3.81. The Bertz CT molecular complexity index is 3270. The van der Waals surface area contributed by atoms with Gasteiger partial charge >= 0.3 is 0 Å². The molecule has 3 nitrogen and oxygen atoms in total. The summed E-state index contributed by atoms with van der Waals surface area (Å²) in [5.74, 6) is 0. The highest BCUT2D eigenvalue weighted by molar-refractivity contribution is 6.11. The van der Waals surface area contributed by atoms with Crippen molar-refractivity contribution < 1.29 is 0 Å². The summed E-state index contributed by atoms with van der Waals surface area (Å²) in [5.41, 5.74) is 19.1. The molecule has 0 amide bonds. The van der Waals surface area contributed by atoms with Gasteiger partial charge in [0.1, 0.15) is 0 Å². The van der Waals surface area contributed by atoms with E-state index in [9.17, 15) is 0 Å². The number of nitrogens with zero attached hydrogens (tertiary/aromatic N) is 3. The number of rotatable bonds is 7. The van der Waals surface area contributed by atoms with E-state index in [1.54, 1.807) is 0 Å². The van der Waals surface area contributed by atoms with Crippen LogP contribution in [-0.4, -0.2) is 9.13 Å². The Hall–Kier alpha value is -7.62. The molecule has 0 aliphatic heterocycles. The monoisotopic (exact) mass is 769 g/mol. The van der Waals surface area contributed by atoms with Gasteiger partial charge in [-0.05, 0) is 134 Å². The van der Waals surface area contributed by atoms with Crippen LogP contribution in [0.5, 0.6) is 0 Å². The van der Waals surface area contributed by atoms with E-state index in [1.165, 1.54) is 82.6 Å². The largest absolute Gasteiger partial charge is 0.310 e. The zero-order valence-electron chi connectivity index (χ0n) is 34.0. The first-order valence-electron chi connectivity index (χ1n) is 20.8. The number of fused-ring (bicyclic) bond motifs is 6. The number of anilines is 3. The predicted octanol–water partition coefficient (Wildman–Crippen LogP) is 15.6. The second-order valence-electron chi connectivity index (χ2n) is 16.1. The van der Waals surface area contributed by atoms with Crippen molar-refractivity contribution in [1.29, 1.82) is 0 Å². The van der Waals surface area contributed by atoms with E-state index in [2.05, 4.69) is 241 Å². The van der Waals surface area contributed by atoms with Gasteiger partial charge in [0.2, 0.25) is 0 Å². The van der Waals surface area contributed by atoms with E-state index >= 15 is 0 Å². The third-order valence-corrected chi connectivity index (χ3v) is 12.2. The number of benzene rings is 9. The van der Waals surface area contributed by atoms with Gasteiger partial charge in [-0.2, -0.15) is 0 Å². The zero-order chi connectivity index (χ0) is 40.3. The highest BCUT2D eigenvalue weighted by Crippen LogP contribution is 2.40. The van der Waals surface area contributed by atoms with E-state index in [4.69, 9.17) is 0 Å². The van der Waals surface area contributed by atoms with Gasteiger partial charge in [-0.15, -0.1) is 0 Å². The lowest BCUT2D eigenvalue weighted by Gasteiger charge is -2.26. The van der Waals surface area contributed by atoms with E-state index < -0.39 is 0 Å². The molecule has 0 spiro atoms. The second-order valence-corrected chi connectivity index (χ2v) is 16.1. The molecular formula is C57H43N3. The first-order valence-corrected chi connectivity index (χ1v) is 20.8. The van der Waals surface area contributed by atoms with Crippen LogP contribution in [0.4, 0.5) is 17.1 Å². The van der Waals surface area contributed by atoms with Crippen molar-refractivity contribution in [2.45, 2.75) is 20.8 Å². The molecule has 11 aromatic rings. The number of para-hydroxylation sites is 3. The summed E-state index contributed by atoms with van der Waals surface area (Å²) >= 11 is 0. The van der Waals surface area contributed by atoms with Gasteiger partial charge in [0.15, 0.2) is 0 Å². The number of aromatic nitrogens is 2. The summed E-state index contributed by atoms with van der Waals surface area (Å²) in [7, 11) is 0. The van der Waals surface area contributed by atoms with Gasteiger partial charge in [0, 0.05) is 50.0 Å². The molecule has 0 N–H and O–H groups in total.